The third-order valence-corrected chi connectivity index (χ3v) is 4.33. The van der Waals surface area contributed by atoms with E-state index in [0.717, 1.165) is 11.5 Å². The van der Waals surface area contributed by atoms with Crippen LogP contribution >= 0.6 is 0 Å². The van der Waals surface area contributed by atoms with Crippen LogP contribution in [0, 0.1) is 5.92 Å². The van der Waals surface area contributed by atoms with Crippen LogP contribution in [0.1, 0.15) is 55.6 Å². The molecule has 0 spiro atoms. The van der Waals surface area contributed by atoms with Gasteiger partial charge in [-0.15, -0.1) is 0 Å². The molecule has 1 atom stereocenters. The average molecular weight is 261 g/mol. The molecular formula is C16H23NO2. The molecule has 104 valence electrons. The van der Waals surface area contributed by atoms with E-state index in [1.165, 1.54) is 31.2 Å². The lowest BCUT2D eigenvalue weighted by molar-refractivity contribution is -0.138. The summed E-state index contributed by atoms with van der Waals surface area (Å²) in [5, 5.41) is 9.18. The third kappa shape index (κ3) is 3.35. The Morgan fingerprint density at radius 2 is 2.05 bits per heavy atom. The van der Waals surface area contributed by atoms with Crippen molar-refractivity contribution in [3.05, 3.63) is 35.4 Å². The molecule has 0 aliphatic heterocycles. The van der Waals surface area contributed by atoms with Crippen molar-refractivity contribution >= 4 is 5.97 Å². The summed E-state index contributed by atoms with van der Waals surface area (Å²) in [6, 6.07) is 8.01. The zero-order chi connectivity index (χ0) is 13.8. The minimum absolute atomic E-state index is 0.153. The first-order chi connectivity index (χ1) is 9.11. The normalized spacial score (nSPS) is 24.9. The van der Waals surface area contributed by atoms with Crippen LogP contribution in [0.3, 0.4) is 0 Å². The van der Waals surface area contributed by atoms with Gasteiger partial charge < -0.3 is 10.8 Å². The van der Waals surface area contributed by atoms with Crippen LogP contribution in [0.15, 0.2) is 24.3 Å². The molecule has 19 heavy (non-hydrogen) atoms. The summed E-state index contributed by atoms with van der Waals surface area (Å²) >= 11 is 0. The second-order valence-corrected chi connectivity index (χ2v) is 5.75. The first kappa shape index (κ1) is 14.1. The molecule has 1 aliphatic rings. The van der Waals surface area contributed by atoms with Gasteiger partial charge in [0, 0.05) is 6.54 Å². The number of carboxylic acids is 1. The fraction of sp³-hybridized carbons (Fsp3) is 0.562. The van der Waals surface area contributed by atoms with Crippen LogP contribution < -0.4 is 5.73 Å². The molecule has 0 bridgehead atoms. The molecule has 0 aromatic heterocycles. The van der Waals surface area contributed by atoms with Crippen molar-refractivity contribution in [1.82, 2.24) is 0 Å². The molecule has 1 aromatic carbocycles. The van der Waals surface area contributed by atoms with Gasteiger partial charge in [-0.05, 0) is 35.8 Å². The van der Waals surface area contributed by atoms with Crippen molar-refractivity contribution in [3.63, 3.8) is 0 Å². The molecule has 3 N–H and O–H groups in total. The molecule has 1 aromatic rings. The maximum absolute atomic E-state index is 11.2. The van der Waals surface area contributed by atoms with Gasteiger partial charge in [-0.25, -0.2) is 0 Å². The van der Waals surface area contributed by atoms with Crippen LogP contribution in [0.25, 0.3) is 0 Å². The topological polar surface area (TPSA) is 63.3 Å². The van der Waals surface area contributed by atoms with Gasteiger partial charge in [0.25, 0.3) is 0 Å². The summed E-state index contributed by atoms with van der Waals surface area (Å²) < 4.78 is 0. The molecule has 3 heteroatoms. The lowest BCUT2D eigenvalue weighted by atomic mass is 9.79. The second kappa shape index (κ2) is 6.20. The fourth-order valence-electron chi connectivity index (χ4n) is 3.00. The van der Waals surface area contributed by atoms with Crippen LogP contribution in [0.2, 0.25) is 0 Å². The predicted molar refractivity (Wildman–Crippen MR) is 76.2 cm³/mol. The van der Waals surface area contributed by atoms with Gasteiger partial charge in [-0.2, -0.15) is 0 Å². The Morgan fingerprint density at radius 3 is 2.63 bits per heavy atom. The minimum atomic E-state index is -0.836. The van der Waals surface area contributed by atoms with E-state index >= 15 is 0 Å². The van der Waals surface area contributed by atoms with E-state index in [1.54, 1.807) is 0 Å². The molecule has 1 fully saturated rings. The van der Waals surface area contributed by atoms with Crippen LogP contribution in [0.4, 0.5) is 0 Å². The zero-order valence-electron chi connectivity index (χ0n) is 11.5. The second-order valence-electron chi connectivity index (χ2n) is 5.75. The summed E-state index contributed by atoms with van der Waals surface area (Å²) in [7, 11) is 0. The highest BCUT2D eigenvalue weighted by Gasteiger charge is 2.22. The van der Waals surface area contributed by atoms with Gasteiger partial charge in [-0.3, -0.25) is 4.79 Å². The molecule has 0 radical (unpaired) electrons. The summed E-state index contributed by atoms with van der Waals surface area (Å²) in [5.74, 6) is -0.00186. The van der Waals surface area contributed by atoms with Crippen molar-refractivity contribution in [2.45, 2.75) is 44.4 Å². The van der Waals surface area contributed by atoms with Crippen LogP contribution in [0.5, 0.6) is 0 Å². The first-order valence-corrected chi connectivity index (χ1v) is 7.14. The number of hydrogen-bond acceptors (Lipinski definition) is 2. The maximum atomic E-state index is 11.2. The molecule has 1 unspecified atom stereocenters. The third-order valence-electron chi connectivity index (χ3n) is 4.33. The summed E-state index contributed by atoms with van der Waals surface area (Å²) in [4.78, 5) is 11.2. The molecule has 3 nitrogen and oxygen atoms in total. The highest BCUT2D eigenvalue weighted by Crippen LogP contribution is 2.36. The molecule has 0 amide bonds. The van der Waals surface area contributed by atoms with Gasteiger partial charge in [0.05, 0.1) is 5.92 Å². The quantitative estimate of drug-likeness (QED) is 0.875. The molecular weight excluding hydrogens is 238 g/mol. The molecule has 1 saturated carbocycles. The molecule has 1 aliphatic carbocycles. The lowest BCUT2D eigenvalue weighted by Crippen LogP contribution is -2.21. The van der Waals surface area contributed by atoms with Crippen molar-refractivity contribution in [2.24, 2.45) is 11.7 Å². The average Bonchev–Trinajstić information content (AvgIpc) is 2.40. The van der Waals surface area contributed by atoms with Gasteiger partial charge in [0.2, 0.25) is 0 Å². The number of carboxylic acid groups (broad SMARTS) is 1. The molecule has 0 heterocycles. The van der Waals surface area contributed by atoms with Crippen molar-refractivity contribution < 1.29 is 9.90 Å². The van der Waals surface area contributed by atoms with Gasteiger partial charge >= 0.3 is 5.97 Å². The Labute approximate surface area is 114 Å². The van der Waals surface area contributed by atoms with Crippen LogP contribution in [-0.4, -0.2) is 17.6 Å². The minimum Gasteiger partial charge on any atom is -0.481 e. The number of carbonyl (C=O) groups is 1. The van der Waals surface area contributed by atoms with Gasteiger partial charge in [0.1, 0.15) is 0 Å². The smallest absolute Gasteiger partial charge is 0.312 e. The Balaban J connectivity index is 2.17. The van der Waals surface area contributed by atoms with Crippen LogP contribution in [-0.2, 0) is 4.79 Å². The first-order valence-electron chi connectivity index (χ1n) is 7.14. The van der Waals surface area contributed by atoms with E-state index in [4.69, 9.17) is 5.73 Å². The molecule has 0 saturated heterocycles. The number of nitrogens with two attached hydrogens (primary N) is 1. The SMILES string of the molecule is CC1CCC(c2cccc(C(CN)C(=O)O)c2)CC1. The Kier molecular flexibility index (Phi) is 4.59. The Morgan fingerprint density at radius 1 is 1.37 bits per heavy atom. The van der Waals surface area contributed by atoms with Crippen molar-refractivity contribution in [2.75, 3.05) is 6.54 Å². The maximum Gasteiger partial charge on any atom is 0.312 e. The van der Waals surface area contributed by atoms with Crippen molar-refractivity contribution in [3.8, 4) is 0 Å². The summed E-state index contributed by atoms with van der Waals surface area (Å²) in [6.07, 6.45) is 4.97. The number of hydrogen-bond donors (Lipinski definition) is 2. The van der Waals surface area contributed by atoms with E-state index in [2.05, 4.69) is 13.0 Å². The predicted octanol–water partition coefficient (Wildman–Crippen LogP) is 3.11. The van der Waals surface area contributed by atoms with E-state index in [9.17, 15) is 9.90 Å². The highest BCUT2D eigenvalue weighted by atomic mass is 16.4. The van der Waals surface area contributed by atoms with E-state index in [0.29, 0.717) is 5.92 Å². The number of benzene rings is 1. The Bertz CT molecular complexity index is 436. The standard InChI is InChI=1S/C16H23NO2/c1-11-5-7-12(8-6-11)13-3-2-4-14(9-13)15(10-17)16(18)19/h2-4,9,11-12,15H,5-8,10,17H2,1H3,(H,18,19). The van der Waals surface area contributed by atoms with Crippen molar-refractivity contribution in [1.29, 1.82) is 0 Å². The van der Waals surface area contributed by atoms with E-state index in [1.807, 2.05) is 18.2 Å². The summed E-state index contributed by atoms with van der Waals surface area (Å²) in [6.45, 7) is 2.46. The highest BCUT2D eigenvalue weighted by molar-refractivity contribution is 5.76. The van der Waals surface area contributed by atoms with Gasteiger partial charge in [0.15, 0.2) is 0 Å². The molecule has 2 rings (SSSR count). The number of aliphatic carboxylic acids is 1. The summed E-state index contributed by atoms with van der Waals surface area (Å²) in [5.41, 5.74) is 7.69. The monoisotopic (exact) mass is 261 g/mol. The Hall–Kier alpha value is -1.35. The zero-order valence-corrected chi connectivity index (χ0v) is 11.5. The number of rotatable bonds is 4. The van der Waals surface area contributed by atoms with E-state index in [-0.39, 0.29) is 6.54 Å². The lowest BCUT2D eigenvalue weighted by Gasteiger charge is -2.27. The van der Waals surface area contributed by atoms with E-state index < -0.39 is 11.9 Å². The van der Waals surface area contributed by atoms with Gasteiger partial charge in [-0.1, -0.05) is 44.0 Å². The fourth-order valence-corrected chi connectivity index (χ4v) is 3.00. The largest absolute Gasteiger partial charge is 0.481 e.